The minimum Gasteiger partial charge on any atom is -0.458 e. The molecule has 3 rings (SSSR count). The zero-order valence-electron chi connectivity index (χ0n) is 30.4. The Morgan fingerprint density at radius 2 is 1.69 bits per heavy atom. The van der Waals surface area contributed by atoms with E-state index in [2.05, 4.69) is 0 Å². The fourth-order valence-electron chi connectivity index (χ4n) is 6.99. The van der Waals surface area contributed by atoms with Crippen molar-refractivity contribution in [1.29, 1.82) is 0 Å². The van der Waals surface area contributed by atoms with E-state index >= 15 is 0 Å². The topological polar surface area (TPSA) is 138 Å². The molecule has 0 spiro atoms. The number of ether oxygens (including phenoxy) is 5. The molecule has 48 heavy (non-hydrogen) atoms. The van der Waals surface area contributed by atoms with E-state index in [0.717, 1.165) is 0 Å². The van der Waals surface area contributed by atoms with E-state index in [1.54, 1.807) is 65.0 Å². The summed E-state index contributed by atoms with van der Waals surface area (Å²) in [4.78, 5) is 56.5. The van der Waals surface area contributed by atoms with Crippen LogP contribution >= 0.6 is 0 Å². The van der Waals surface area contributed by atoms with Crippen LogP contribution in [0, 0.1) is 17.8 Å². The molecule has 0 radical (unpaired) electrons. The lowest BCUT2D eigenvalue weighted by Crippen LogP contribution is -2.60. The molecule has 0 bridgehead atoms. The van der Waals surface area contributed by atoms with E-state index < -0.39 is 71.3 Å². The van der Waals surface area contributed by atoms with E-state index in [0.29, 0.717) is 17.6 Å². The van der Waals surface area contributed by atoms with Crippen molar-refractivity contribution in [3.63, 3.8) is 0 Å². The summed E-state index contributed by atoms with van der Waals surface area (Å²) in [7, 11) is 5.24. The van der Waals surface area contributed by atoms with Crippen LogP contribution in [0.25, 0.3) is 0 Å². The van der Waals surface area contributed by atoms with Gasteiger partial charge in [-0.1, -0.05) is 39.0 Å². The summed E-state index contributed by atoms with van der Waals surface area (Å²) in [5.41, 5.74) is -2.25. The van der Waals surface area contributed by atoms with Crippen LogP contribution in [0.3, 0.4) is 0 Å². The maximum Gasteiger partial charge on any atom is 0.338 e. The van der Waals surface area contributed by atoms with Gasteiger partial charge in [-0.15, -0.1) is 0 Å². The van der Waals surface area contributed by atoms with Crippen LogP contribution in [0.5, 0.6) is 0 Å². The van der Waals surface area contributed by atoms with Crippen molar-refractivity contribution in [2.24, 2.45) is 17.8 Å². The number of Topliss-reactive ketones (excluding diaryl/α,β-unsaturated/α-hetero) is 2. The highest BCUT2D eigenvalue weighted by molar-refractivity contribution is 6.00. The van der Waals surface area contributed by atoms with Crippen LogP contribution in [-0.2, 0) is 38.1 Å². The number of nitrogens with zero attached hydrogens (tertiary/aromatic N) is 1. The first-order chi connectivity index (χ1) is 22.4. The van der Waals surface area contributed by atoms with Gasteiger partial charge in [0.05, 0.1) is 29.4 Å². The lowest BCUT2D eigenvalue weighted by molar-refractivity contribution is -0.294. The molecular formula is C37H55NO10. The summed E-state index contributed by atoms with van der Waals surface area (Å²) < 4.78 is 31.0. The second-order valence-electron chi connectivity index (χ2n) is 14.2. The summed E-state index contributed by atoms with van der Waals surface area (Å²) >= 11 is 0. The molecule has 0 amide bonds. The van der Waals surface area contributed by atoms with Gasteiger partial charge in [0.25, 0.3) is 0 Å². The number of ketones is 2. The van der Waals surface area contributed by atoms with Crippen molar-refractivity contribution in [2.75, 3.05) is 21.2 Å². The third kappa shape index (κ3) is 8.98. The molecule has 11 nitrogen and oxygen atoms in total. The average molecular weight is 674 g/mol. The van der Waals surface area contributed by atoms with Crippen LogP contribution < -0.4 is 0 Å². The van der Waals surface area contributed by atoms with Crippen molar-refractivity contribution >= 4 is 23.5 Å². The molecule has 0 unspecified atom stereocenters. The predicted octanol–water partition coefficient (Wildman–Crippen LogP) is 4.54. The number of aliphatic hydroxyl groups is 1. The third-order valence-electron chi connectivity index (χ3n) is 9.87. The summed E-state index contributed by atoms with van der Waals surface area (Å²) in [5, 5.41) is 11.3. The molecule has 0 aliphatic carbocycles. The number of carbonyl (C=O) groups is 4. The van der Waals surface area contributed by atoms with Crippen LogP contribution in [-0.4, -0.2) is 103 Å². The monoisotopic (exact) mass is 673 g/mol. The lowest BCUT2D eigenvalue weighted by atomic mass is 9.77. The number of hydrogen-bond acceptors (Lipinski definition) is 11. The van der Waals surface area contributed by atoms with Gasteiger partial charge in [0.15, 0.2) is 24.0 Å². The highest BCUT2D eigenvalue weighted by atomic mass is 16.7. The summed E-state index contributed by atoms with van der Waals surface area (Å²) in [6, 6.07) is 8.31. The largest absolute Gasteiger partial charge is 0.458 e. The molecule has 2 aliphatic rings. The molecule has 2 aliphatic heterocycles. The fourth-order valence-corrected chi connectivity index (χ4v) is 6.99. The van der Waals surface area contributed by atoms with Gasteiger partial charge in [0.2, 0.25) is 0 Å². The van der Waals surface area contributed by atoms with Crippen molar-refractivity contribution in [2.45, 2.75) is 123 Å². The maximum atomic E-state index is 14.1. The van der Waals surface area contributed by atoms with Crippen LogP contribution in [0.15, 0.2) is 42.0 Å². The van der Waals surface area contributed by atoms with Crippen LogP contribution in [0.2, 0.25) is 0 Å². The van der Waals surface area contributed by atoms with E-state index in [1.165, 1.54) is 27.0 Å². The zero-order chi connectivity index (χ0) is 36.1. The van der Waals surface area contributed by atoms with Crippen LogP contribution in [0.4, 0.5) is 0 Å². The molecule has 1 aromatic carbocycles. The summed E-state index contributed by atoms with van der Waals surface area (Å²) in [6.45, 7) is 13.4. The van der Waals surface area contributed by atoms with E-state index in [4.69, 9.17) is 23.7 Å². The standard InChI is InChI=1S/C37H55NO10/c1-12-28-36(7,43)19-21(2)29(39)22(3)20-37(8,44-11)32(24(5)30(40)25(6)33(41)46-28)48-35-31(27(38(9)10)18-23(4)45-35)47-34(42)26-16-14-13-15-17-26/h13-17,19,22-25,27-28,31-32,35,43H,12,18,20H2,1-11H3/b21-19-/t22-,23-,24+,25-,27+,28-,31-,32-,35+,36+,37-/m1/s1. The average Bonchev–Trinajstić information content (AvgIpc) is 3.04. The molecule has 0 saturated carbocycles. The van der Waals surface area contributed by atoms with Gasteiger partial charge in [-0.3, -0.25) is 14.4 Å². The first-order valence-corrected chi connectivity index (χ1v) is 16.9. The van der Waals surface area contributed by atoms with Gasteiger partial charge < -0.3 is 33.7 Å². The Hall–Kier alpha value is -2.96. The second kappa shape index (κ2) is 16.2. The van der Waals surface area contributed by atoms with Crippen molar-refractivity contribution in [3.8, 4) is 0 Å². The number of likely N-dealkylation sites (N-methyl/N-ethyl adjacent to an activating group) is 1. The molecule has 0 aromatic heterocycles. The number of rotatable bonds is 7. The van der Waals surface area contributed by atoms with Gasteiger partial charge in [0, 0.05) is 18.9 Å². The quantitative estimate of drug-likeness (QED) is 0.323. The molecule has 1 fully saturated rings. The first kappa shape index (κ1) is 39.5. The molecule has 1 aromatic rings. The van der Waals surface area contributed by atoms with Crippen molar-refractivity contribution in [3.05, 3.63) is 47.5 Å². The fraction of sp³-hybridized carbons (Fsp3) is 0.676. The van der Waals surface area contributed by atoms with Gasteiger partial charge in [-0.2, -0.15) is 0 Å². The molecule has 11 atom stereocenters. The Labute approximate surface area is 285 Å². The SMILES string of the molecule is CC[C@H]1OC(=O)[C@H](C)C(=O)[C@H](C)[C@@H](O[C@@H]2O[C@H](C)C[C@H](N(C)C)[C@H]2OC(=O)c2ccccc2)[C@](C)(OC)C[C@@H](C)C(=O)/C(C)=C\[C@]1(C)O. The Morgan fingerprint density at radius 3 is 2.25 bits per heavy atom. The molecule has 1 saturated heterocycles. The number of benzene rings is 1. The Kier molecular flexibility index (Phi) is 13.3. The molecule has 268 valence electrons. The number of carbonyl (C=O) groups excluding carboxylic acids is 4. The summed E-state index contributed by atoms with van der Waals surface area (Å²) in [6.07, 6.45) is -2.04. The highest BCUT2D eigenvalue weighted by Gasteiger charge is 2.51. The number of methoxy groups -OCH3 is 1. The van der Waals surface area contributed by atoms with Gasteiger partial charge in [0.1, 0.15) is 17.6 Å². The molecule has 1 N–H and O–H groups in total. The third-order valence-corrected chi connectivity index (χ3v) is 9.87. The van der Waals surface area contributed by atoms with E-state index in [1.807, 2.05) is 25.9 Å². The normalized spacial score (nSPS) is 38.5. The number of hydrogen-bond donors (Lipinski definition) is 1. The zero-order valence-corrected chi connectivity index (χ0v) is 30.4. The Bertz CT molecular complexity index is 1330. The van der Waals surface area contributed by atoms with E-state index in [9.17, 15) is 24.3 Å². The second-order valence-corrected chi connectivity index (χ2v) is 14.2. The maximum absolute atomic E-state index is 14.1. The summed E-state index contributed by atoms with van der Waals surface area (Å²) in [5.74, 6) is -4.87. The van der Waals surface area contributed by atoms with Crippen molar-refractivity contribution in [1.82, 2.24) is 4.90 Å². The van der Waals surface area contributed by atoms with Crippen LogP contribution in [0.1, 0.15) is 85.0 Å². The van der Waals surface area contributed by atoms with E-state index in [-0.39, 0.29) is 30.8 Å². The highest BCUT2D eigenvalue weighted by Crippen LogP contribution is 2.38. The van der Waals surface area contributed by atoms with Gasteiger partial charge in [-0.05, 0) is 91.8 Å². The molecule has 2 heterocycles. The van der Waals surface area contributed by atoms with Gasteiger partial charge in [-0.25, -0.2) is 4.79 Å². The Balaban J connectivity index is 2.12. The van der Waals surface area contributed by atoms with Crippen molar-refractivity contribution < 1.29 is 48.0 Å². The predicted molar refractivity (Wildman–Crippen MR) is 179 cm³/mol. The first-order valence-electron chi connectivity index (χ1n) is 16.9. The number of cyclic esters (lactones) is 1. The Morgan fingerprint density at radius 1 is 1.06 bits per heavy atom. The minimum atomic E-state index is -1.65. The molecule has 11 heteroatoms. The number of esters is 2. The molecular weight excluding hydrogens is 618 g/mol. The smallest absolute Gasteiger partial charge is 0.338 e. The number of allylic oxidation sites excluding steroid dienone is 1. The lowest BCUT2D eigenvalue weighted by Gasteiger charge is -2.47. The minimum absolute atomic E-state index is 0.127. The van der Waals surface area contributed by atoms with Gasteiger partial charge >= 0.3 is 11.9 Å².